The van der Waals surface area contributed by atoms with Crippen molar-refractivity contribution >= 4 is 5.78 Å². The van der Waals surface area contributed by atoms with Crippen molar-refractivity contribution < 1.29 is 22.4 Å². The molecule has 0 atom stereocenters. The Morgan fingerprint density at radius 1 is 1.05 bits per heavy atom. The lowest BCUT2D eigenvalue weighted by Crippen LogP contribution is -2.09. The van der Waals surface area contributed by atoms with E-state index in [1.165, 1.54) is 12.1 Å². The van der Waals surface area contributed by atoms with E-state index in [1.807, 2.05) is 0 Å². The average Bonchev–Trinajstić information content (AvgIpc) is 2.39. The summed E-state index contributed by atoms with van der Waals surface area (Å²) < 4.78 is 53.6. The minimum absolute atomic E-state index is 0.0457. The van der Waals surface area contributed by atoms with Gasteiger partial charge in [0.05, 0.1) is 0 Å². The highest BCUT2D eigenvalue weighted by molar-refractivity contribution is 5.84. The van der Waals surface area contributed by atoms with Gasteiger partial charge in [0.1, 0.15) is 29.1 Å². The summed E-state index contributed by atoms with van der Waals surface area (Å²) in [5.74, 6) is -3.76. The van der Waals surface area contributed by atoms with Crippen molar-refractivity contribution in [3.8, 4) is 0 Å². The molecular formula is C15H12F4O. The van der Waals surface area contributed by atoms with E-state index in [0.717, 1.165) is 12.1 Å². The van der Waals surface area contributed by atoms with Gasteiger partial charge in [-0.15, -0.1) is 0 Å². The summed E-state index contributed by atoms with van der Waals surface area (Å²) in [6, 6.07) is 3.25. The molecule has 20 heavy (non-hydrogen) atoms. The molecule has 0 fully saturated rings. The van der Waals surface area contributed by atoms with Crippen LogP contribution in [-0.4, -0.2) is 5.78 Å². The van der Waals surface area contributed by atoms with E-state index in [2.05, 4.69) is 0 Å². The van der Waals surface area contributed by atoms with Crippen LogP contribution in [0.5, 0.6) is 0 Å². The molecule has 0 unspecified atom stereocenters. The second-order valence-corrected chi connectivity index (χ2v) is 4.57. The Bertz CT molecular complexity index is 582. The number of ketones is 1. The zero-order valence-electron chi connectivity index (χ0n) is 10.6. The van der Waals surface area contributed by atoms with Gasteiger partial charge >= 0.3 is 0 Å². The SMILES string of the molecule is O=C(CC1=C(F)CCC=C1F)Cc1c(F)cccc1F. The quantitative estimate of drug-likeness (QED) is 0.752. The van der Waals surface area contributed by atoms with Crippen molar-refractivity contribution in [2.75, 3.05) is 0 Å². The molecule has 1 aliphatic rings. The predicted octanol–water partition coefficient (Wildman–Crippen LogP) is 4.34. The molecule has 1 aliphatic carbocycles. The highest BCUT2D eigenvalue weighted by Gasteiger charge is 2.21. The van der Waals surface area contributed by atoms with E-state index in [4.69, 9.17) is 0 Å². The number of carbonyl (C=O) groups is 1. The molecule has 106 valence electrons. The molecule has 0 aliphatic heterocycles. The van der Waals surface area contributed by atoms with Gasteiger partial charge in [-0.3, -0.25) is 4.79 Å². The third-order valence-corrected chi connectivity index (χ3v) is 3.11. The molecule has 0 aromatic heterocycles. The van der Waals surface area contributed by atoms with Gasteiger partial charge < -0.3 is 0 Å². The Balaban J connectivity index is 2.12. The summed E-state index contributed by atoms with van der Waals surface area (Å²) in [5.41, 5.74) is -0.684. The van der Waals surface area contributed by atoms with Crippen LogP contribution >= 0.6 is 0 Å². The van der Waals surface area contributed by atoms with Crippen molar-refractivity contribution in [2.24, 2.45) is 0 Å². The smallest absolute Gasteiger partial charge is 0.142 e. The van der Waals surface area contributed by atoms with Gasteiger partial charge in [0, 0.05) is 30.4 Å². The van der Waals surface area contributed by atoms with Gasteiger partial charge in [0.2, 0.25) is 0 Å². The lowest BCUT2D eigenvalue weighted by atomic mass is 9.97. The topological polar surface area (TPSA) is 17.1 Å². The summed E-state index contributed by atoms with van der Waals surface area (Å²) in [6.45, 7) is 0. The van der Waals surface area contributed by atoms with Gasteiger partial charge in [0.15, 0.2) is 0 Å². The van der Waals surface area contributed by atoms with Crippen molar-refractivity contribution in [3.63, 3.8) is 0 Å². The summed E-state index contributed by atoms with van der Waals surface area (Å²) >= 11 is 0. The number of carbonyl (C=O) groups excluding carboxylic acids is 1. The van der Waals surface area contributed by atoms with E-state index < -0.39 is 41.9 Å². The molecule has 0 radical (unpaired) electrons. The summed E-state index contributed by atoms with van der Waals surface area (Å²) in [7, 11) is 0. The van der Waals surface area contributed by atoms with E-state index in [-0.39, 0.29) is 24.0 Å². The number of benzene rings is 1. The number of rotatable bonds is 4. The standard InChI is InChI=1S/C15H12F4O/c16-12-3-1-4-13(17)10(12)7-9(20)8-11-14(18)5-2-6-15(11)19/h1,3-5H,2,6-8H2. The van der Waals surface area contributed by atoms with Crippen LogP contribution in [0.1, 0.15) is 24.8 Å². The Morgan fingerprint density at radius 2 is 1.70 bits per heavy atom. The van der Waals surface area contributed by atoms with Crippen LogP contribution in [0, 0.1) is 11.6 Å². The summed E-state index contributed by atoms with van der Waals surface area (Å²) in [6.07, 6.45) is 0.473. The fraction of sp³-hybridized carbons (Fsp3) is 0.267. The molecule has 0 heterocycles. The van der Waals surface area contributed by atoms with E-state index >= 15 is 0 Å². The van der Waals surface area contributed by atoms with Crippen molar-refractivity contribution in [3.05, 3.63) is 58.7 Å². The second kappa shape index (κ2) is 6.03. The maximum Gasteiger partial charge on any atom is 0.142 e. The maximum atomic E-state index is 13.5. The van der Waals surface area contributed by atoms with Crippen molar-refractivity contribution in [1.82, 2.24) is 0 Å². The first-order valence-corrected chi connectivity index (χ1v) is 6.17. The minimum Gasteiger partial charge on any atom is -0.299 e. The van der Waals surface area contributed by atoms with Crippen molar-refractivity contribution in [1.29, 1.82) is 0 Å². The molecule has 0 saturated heterocycles. The zero-order valence-corrected chi connectivity index (χ0v) is 10.6. The molecule has 0 spiro atoms. The first kappa shape index (κ1) is 14.5. The molecule has 0 bridgehead atoms. The minimum atomic E-state index is -0.840. The van der Waals surface area contributed by atoms with E-state index in [0.29, 0.717) is 0 Å². The molecule has 0 saturated carbocycles. The zero-order chi connectivity index (χ0) is 14.7. The van der Waals surface area contributed by atoms with Gasteiger partial charge in [0.25, 0.3) is 0 Å². The van der Waals surface area contributed by atoms with Crippen LogP contribution in [0.15, 0.2) is 41.5 Å². The Morgan fingerprint density at radius 3 is 2.30 bits per heavy atom. The van der Waals surface area contributed by atoms with Crippen LogP contribution < -0.4 is 0 Å². The van der Waals surface area contributed by atoms with Crippen molar-refractivity contribution in [2.45, 2.75) is 25.7 Å². The highest BCUT2D eigenvalue weighted by Crippen LogP contribution is 2.30. The number of hydrogen-bond donors (Lipinski definition) is 0. The fourth-order valence-electron chi connectivity index (χ4n) is 2.07. The normalized spacial score (nSPS) is 15.3. The Labute approximate surface area is 113 Å². The molecule has 0 amide bonds. The first-order chi connectivity index (χ1) is 9.49. The predicted molar refractivity (Wildman–Crippen MR) is 66.2 cm³/mol. The van der Waals surface area contributed by atoms with Gasteiger partial charge in [-0.05, 0) is 24.6 Å². The summed E-state index contributed by atoms with van der Waals surface area (Å²) in [5, 5.41) is 0. The largest absolute Gasteiger partial charge is 0.299 e. The van der Waals surface area contributed by atoms with Crippen LogP contribution in [-0.2, 0) is 11.2 Å². The second-order valence-electron chi connectivity index (χ2n) is 4.57. The van der Waals surface area contributed by atoms with Crippen LogP contribution in [0.2, 0.25) is 0 Å². The van der Waals surface area contributed by atoms with E-state index in [1.54, 1.807) is 0 Å². The number of Topliss-reactive ketones (excluding diaryl/α,β-unsaturated/α-hetero) is 1. The monoisotopic (exact) mass is 284 g/mol. The van der Waals surface area contributed by atoms with Crippen LogP contribution in [0.3, 0.4) is 0 Å². The Kier molecular flexibility index (Phi) is 4.37. The molecule has 1 aromatic carbocycles. The van der Waals surface area contributed by atoms with Crippen LogP contribution in [0.25, 0.3) is 0 Å². The molecule has 1 aromatic rings. The van der Waals surface area contributed by atoms with E-state index in [9.17, 15) is 22.4 Å². The lowest BCUT2D eigenvalue weighted by Gasteiger charge is -2.12. The maximum absolute atomic E-state index is 13.5. The van der Waals surface area contributed by atoms with Gasteiger partial charge in [-0.2, -0.15) is 0 Å². The molecular weight excluding hydrogens is 272 g/mol. The number of allylic oxidation sites excluding steroid dienone is 4. The average molecular weight is 284 g/mol. The fourth-order valence-corrected chi connectivity index (χ4v) is 2.07. The highest BCUT2D eigenvalue weighted by atomic mass is 19.1. The van der Waals surface area contributed by atoms with Gasteiger partial charge in [-0.1, -0.05) is 6.07 Å². The molecule has 0 N–H and O–H groups in total. The molecule has 5 heteroatoms. The third-order valence-electron chi connectivity index (χ3n) is 3.11. The van der Waals surface area contributed by atoms with Crippen LogP contribution in [0.4, 0.5) is 17.6 Å². The Hall–Kier alpha value is -1.91. The van der Waals surface area contributed by atoms with Gasteiger partial charge in [-0.25, -0.2) is 17.6 Å². The number of hydrogen-bond acceptors (Lipinski definition) is 1. The summed E-state index contributed by atoms with van der Waals surface area (Å²) in [4.78, 5) is 11.7. The first-order valence-electron chi connectivity index (χ1n) is 6.17. The number of halogens is 4. The third kappa shape index (κ3) is 3.15. The lowest BCUT2D eigenvalue weighted by molar-refractivity contribution is -0.117. The molecule has 1 nitrogen and oxygen atoms in total. The molecule has 2 rings (SSSR count).